The zero-order valence-corrected chi connectivity index (χ0v) is 19.8. The predicted molar refractivity (Wildman–Crippen MR) is 129 cm³/mol. The minimum Gasteiger partial charge on any atom is -0.438 e. The van der Waals surface area contributed by atoms with Gasteiger partial charge in [-0.15, -0.1) is 0 Å². The summed E-state index contributed by atoms with van der Waals surface area (Å²) >= 11 is 5.98. The van der Waals surface area contributed by atoms with Gasteiger partial charge in [-0.1, -0.05) is 24.6 Å². The van der Waals surface area contributed by atoms with E-state index in [1.807, 2.05) is 0 Å². The first-order valence-corrected chi connectivity index (χ1v) is 12.0. The molecule has 0 atom stereocenters. The van der Waals surface area contributed by atoms with Gasteiger partial charge in [-0.2, -0.15) is 4.98 Å². The number of piperidine rings is 1. The van der Waals surface area contributed by atoms with E-state index >= 15 is 0 Å². The monoisotopic (exact) mass is 480 g/mol. The molecule has 176 valence electrons. The highest BCUT2D eigenvalue weighted by molar-refractivity contribution is 6.30. The molecule has 0 radical (unpaired) electrons. The second kappa shape index (κ2) is 9.58. The zero-order chi connectivity index (χ0) is 23.7. The van der Waals surface area contributed by atoms with Gasteiger partial charge in [-0.3, -0.25) is 4.79 Å². The highest BCUT2D eigenvalue weighted by atomic mass is 35.5. The first kappa shape index (κ1) is 22.6. The summed E-state index contributed by atoms with van der Waals surface area (Å²) in [4.78, 5) is 26.7. The van der Waals surface area contributed by atoms with Crippen molar-refractivity contribution in [1.82, 2.24) is 14.9 Å². The standard InChI is InChI=1S/C26H26ClFN4O2/c1-17-9-12-31(13-10-17)26-29-23-11-14-32(25(33)18-5-7-19(27)8-6-18)16-22(23)24(30-26)34-21-4-2-3-20(28)15-21/h2-8,15,17H,9-14,16H2,1H3. The molecule has 5 rings (SSSR count). The molecule has 0 unspecified atom stereocenters. The second-order valence-corrected chi connectivity index (χ2v) is 9.40. The molecule has 2 aromatic carbocycles. The molecule has 3 aromatic rings. The molecule has 2 aliphatic heterocycles. The fourth-order valence-electron chi connectivity index (χ4n) is 4.40. The van der Waals surface area contributed by atoms with E-state index in [-0.39, 0.29) is 11.7 Å². The number of halogens is 2. The van der Waals surface area contributed by atoms with Crippen LogP contribution in [0.25, 0.3) is 0 Å². The summed E-state index contributed by atoms with van der Waals surface area (Å²) in [6.07, 6.45) is 2.77. The number of amides is 1. The Balaban J connectivity index is 1.47. The smallest absolute Gasteiger partial charge is 0.254 e. The Morgan fingerprint density at radius 1 is 1.09 bits per heavy atom. The molecule has 6 nitrogen and oxygen atoms in total. The first-order valence-electron chi connectivity index (χ1n) is 11.6. The van der Waals surface area contributed by atoms with Crippen LogP contribution in [0.3, 0.4) is 0 Å². The fourth-order valence-corrected chi connectivity index (χ4v) is 4.52. The molecule has 1 saturated heterocycles. The van der Waals surface area contributed by atoms with Crippen LogP contribution in [0.15, 0.2) is 48.5 Å². The van der Waals surface area contributed by atoms with Crippen LogP contribution in [-0.4, -0.2) is 40.4 Å². The van der Waals surface area contributed by atoms with Crippen molar-refractivity contribution in [3.63, 3.8) is 0 Å². The maximum Gasteiger partial charge on any atom is 0.254 e. The number of benzene rings is 2. The Morgan fingerprint density at radius 3 is 2.59 bits per heavy atom. The highest BCUT2D eigenvalue weighted by Gasteiger charge is 2.29. The van der Waals surface area contributed by atoms with Crippen molar-refractivity contribution in [1.29, 1.82) is 0 Å². The molecule has 0 bridgehead atoms. The minimum atomic E-state index is -0.384. The number of rotatable bonds is 4. The molecule has 3 heterocycles. The van der Waals surface area contributed by atoms with E-state index in [2.05, 4.69) is 11.8 Å². The van der Waals surface area contributed by atoms with Crippen LogP contribution < -0.4 is 9.64 Å². The van der Waals surface area contributed by atoms with Crippen molar-refractivity contribution in [2.75, 3.05) is 24.5 Å². The summed E-state index contributed by atoms with van der Waals surface area (Å²) in [5.41, 5.74) is 2.20. The van der Waals surface area contributed by atoms with E-state index in [0.717, 1.165) is 37.2 Å². The van der Waals surface area contributed by atoms with Crippen molar-refractivity contribution >= 4 is 23.5 Å². The molecule has 0 aliphatic carbocycles. The molecule has 1 amide bonds. The lowest BCUT2D eigenvalue weighted by Gasteiger charge is -2.33. The van der Waals surface area contributed by atoms with Gasteiger partial charge in [-0.05, 0) is 55.2 Å². The van der Waals surface area contributed by atoms with Crippen molar-refractivity contribution in [2.24, 2.45) is 5.92 Å². The Bertz CT molecular complexity index is 1200. The molecule has 0 saturated carbocycles. The summed E-state index contributed by atoms with van der Waals surface area (Å²) < 4.78 is 19.9. The molecule has 0 spiro atoms. The fraction of sp³-hybridized carbons (Fsp3) is 0.346. The number of ether oxygens (including phenoxy) is 1. The highest BCUT2D eigenvalue weighted by Crippen LogP contribution is 2.33. The Labute approximate surface area is 203 Å². The first-order chi connectivity index (χ1) is 16.5. The van der Waals surface area contributed by atoms with Crippen molar-refractivity contribution in [3.8, 4) is 11.6 Å². The number of fused-ring (bicyclic) bond motifs is 1. The van der Waals surface area contributed by atoms with E-state index in [1.165, 1.54) is 12.1 Å². The summed E-state index contributed by atoms with van der Waals surface area (Å²) in [5, 5.41) is 0.583. The predicted octanol–water partition coefficient (Wildman–Crippen LogP) is 5.50. The summed E-state index contributed by atoms with van der Waals surface area (Å²) in [7, 11) is 0. The molecular weight excluding hydrogens is 455 g/mol. The van der Waals surface area contributed by atoms with Crippen LogP contribution in [0, 0.1) is 11.7 Å². The molecule has 0 N–H and O–H groups in total. The maximum absolute atomic E-state index is 13.8. The lowest BCUT2D eigenvalue weighted by Crippen LogP contribution is -2.38. The van der Waals surface area contributed by atoms with Crippen LogP contribution in [0.4, 0.5) is 10.3 Å². The second-order valence-electron chi connectivity index (χ2n) is 8.97. The number of carbonyl (C=O) groups is 1. The normalized spacial score (nSPS) is 16.3. The summed E-state index contributed by atoms with van der Waals surface area (Å²) in [6, 6.07) is 12.9. The van der Waals surface area contributed by atoms with Gasteiger partial charge in [0.05, 0.1) is 17.8 Å². The number of anilines is 1. The molecule has 1 aromatic heterocycles. The number of hydrogen-bond donors (Lipinski definition) is 0. The Hall–Kier alpha value is -3.19. The quantitative estimate of drug-likeness (QED) is 0.493. The van der Waals surface area contributed by atoms with Gasteiger partial charge in [-0.25, -0.2) is 9.37 Å². The SMILES string of the molecule is CC1CCN(c2nc3c(c(Oc4cccc(F)c4)n2)CN(C(=O)c2ccc(Cl)cc2)CC3)CC1. The molecule has 34 heavy (non-hydrogen) atoms. The average Bonchev–Trinajstić information content (AvgIpc) is 2.84. The maximum atomic E-state index is 13.8. The van der Waals surface area contributed by atoms with Crippen LogP contribution in [0.2, 0.25) is 5.02 Å². The van der Waals surface area contributed by atoms with E-state index in [4.69, 9.17) is 26.3 Å². The molecule has 8 heteroatoms. The number of aromatic nitrogens is 2. The van der Waals surface area contributed by atoms with Crippen LogP contribution in [0.5, 0.6) is 11.6 Å². The van der Waals surface area contributed by atoms with E-state index in [1.54, 1.807) is 41.3 Å². The lowest BCUT2D eigenvalue weighted by atomic mass is 9.99. The average molecular weight is 481 g/mol. The third-order valence-electron chi connectivity index (χ3n) is 6.47. The van der Waals surface area contributed by atoms with E-state index in [9.17, 15) is 9.18 Å². The Morgan fingerprint density at radius 2 is 1.85 bits per heavy atom. The van der Waals surface area contributed by atoms with Gasteiger partial charge in [0.2, 0.25) is 11.8 Å². The van der Waals surface area contributed by atoms with Crippen LogP contribution in [0.1, 0.15) is 41.4 Å². The van der Waals surface area contributed by atoms with Gasteiger partial charge in [0.25, 0.3) is 5.91 Å². The van der Waals surface area contributed by atoms with Crippen LogP contribution >= 0.6 is 11.6 Å². The minimum absolute atomic E-state index is 0.0897. The number of carbonyl (C=O) groups excluding carboxylic acids is 1. The third-order valence-corrected chi connectivity index (χ3v) is 6.72. The number of nitrogens with zero attached hydrogens (tertiary/aromatic N) is 4. The number of hydrogen-bond acceptors (Lipinski definition) is 5. The summed E-state index contributed by atoms with van der Waals surface area (Å²) in [6.45, 7) is 4.90. The van der Waals surface area contributed by atoms with Crippen LogP contribution in [-0.2, 0) is 13.0 Å². The van der Waals surface area contributed by atoms with Gasteiger partial charge >= 0.3 is 0 Å². The van der Waals surface area contributed by atoms with Gasteiger partial charge in [0, 0.05) is 42.7 Å². The zero-order valence-electron chi connectivity index (χ0n) is 19.0. The molecular formula is C26H26ClFN4O2. The largest absolute Gasteiger partial charge is 0.438 e. The topological polar surface area (TPSA) is 58.6 Å². The third kappa shape index (κ3) is 4.85. The lowest BCUT2D eigenvalue weighted by molar-refractivity contribution is 0.0732. The van der Waals surface area contributed by atoms with Gasteiger partial charge in [0.1, 0.15) is 11.6 Å². The van der Waals surface area contributed by atoms with Crippen molar-refractivity contribution < 1.29 is 13.9 Å². The van der Waals surface area contributed by atoms with Crippen molar-refractivity contribution in [2.45, 2.75) is 32.7 Å². The molecule has 1 fully saturated rings. The van der Waals surface area contributed by atoms with E-state index < -0.39 is 0 Å². The summed E-state index contributed by atoms with van der Waals surface area (Å²) in [5.74, 6) is 1.58. The van der Waals surface area contributed by atoms with E-state index in [0.29, 0.717) is 53.6 Å². The van der Waals surface area contributed by atoms with Crippen molar-refractivity contribution in [3.05, 3.63) is 76.2 Å². The Kier molecular flexibility index (Phi) is 6.37. The molecule has 2 aliphatic rings. The van der Waals surface area contributed by atoms with Gasteiger partial charge < -0.3 is 14.5 Å². The van der Waals surface area contributed by atoms with Gasteiger partial charge in [0.15, 0.2) is 0 Å².